The topological polar surface area (TPSA) is 64.3 Å². The van der Waals surface area contributed by atoms with E-state index in [4.69, 9.17) is 10.5 Å². The van der Waals surface area contributed by atoms with E-state index in [0.717, 1.165) is 5.56 Å². The molecule has 0 aromatic heterocycles. The number of nitrogens with two attached hydrogens (primary N) is 1. The molecular weight excluding hydrogens is 228 g/mol. The van der Waals surface area contributed by atoms with E-state index in [1.807, 2.05) is 44.2 Å². The first-order valence-electron chi connectivity index (χ1n) is 6.32. The minimum absolute atomic E-state index is 0.00443. The van der Waals surface area contributed by atoms with Crippen LogP contribution in [0.3, 0.4) is 0 Å². The van der Waals surface area contributed by atoms with Gasteiger partial charge in [-0.1, -0.05) is 30.3 Å². The van der Waals surface area contributed by atoms with Crippen LogP contribution in [0, 0.1) is 0 Å². The van der Waals surface area contributed by atoms with Gasteiger partial charge in [0.05, 0.1) is 12.5 Å². The molecule has 1 aromatic carbocycles. The zero-order valence-corrected chi connectivity index (χ0v) is 11.1. The molecule has 2 atom stereocenters. The molecule has 100 valence electrons. The van der Waals surface area contributed by atoms with Gasteiger partial charge in [-0.05, 0) is 19.4 Å². The Balaban J connectivity index is 2.58. The number of hydrogen-bond acceptors (Lipinski definition) is 3. The minimum Gasteiger partial charge on any atom is -0.380 e. The SMILES string of the molecule is CCOCC(C)NC(=O)C(CN)c1ccccc1. The fourth-order valence-electron chi connectivity index (χ4n) is 1.76. The lowest BCUT2D eigenvalue weighted by atomic mass is 9.98. The van der Waals surface area contributed by atoms with Crippen LogP contribution >= 0.6 is 0 Å². The Morgan fingerprint density at radius 2 is 2.06 bits per heavy atom. The molecule has 0 radical (unpaired) electrons. The third-order valence-electron chi connectivity index (χ3n) is 2.71. The van der Waals surface area contributed by atoms with Crippen molar-refractivity contribution in [2.45, 2.75) is 25.8 Å². The Bertz CT molecular complexity index is 354. The number of hydrogen-bond donors (Lipinski definition) is 2. The Morgan fingerprint density at radius 1 is 1.39 bits per heavy atom. The molecule has 18 heavy (non-hydrogen) atoms. The van der Waals surface area contributed by atoms with Crippen molar-refractivity contribution in [1.29, 1.82) is 0 Å². The largest absolute Gasteiger partial charge is 0.380 e. The third kappa shape index (κ3) is 4.47. The number of carbonyl (C=O) groups excluding carboxylic acids is 1. The summed E-state index contributed by atoms with van der Waals surface area (Å²) in [7, 11) is 0. The fraction of sp³-hybridized carbons (Fsp3) is 0.500. The summed E-state index contributed by atoms with van der Waals surface area (Å²) in [4.78, 5) is 12.1. The van der Waals surface area contributed by atoms with Crippen LogP contribution in [0.1, 0.15) is 25.3 Å². The number of carbonyl (C=O) groups is 1. The molecule has 2 unspecified atom stereocenters. The zero-order valence-electron chi connectivity index (χ0n) is 11.1. The second-order valence-electron chi connectivity index (χ2n) is 4.27. The van der Waals surface area contributed by atoms with Gasteiger partial charge in [0.25, 0.3) is 0 Å². The Hall–Kier alpha value is -1.39. The fourth-order valence-corrected chi connectivity index (χ4v) is 1.76. The molecule has 1 amide bonds. The predicted octanol–water partition coefficient (Wildman–Crippen LogP) is 1.27. The van der Waals surface area contributed by atoms with Gasteiger partial charge in [0, 0.05) is 19.2 Å². The molecule has 0 fully saturated rings. The van der Waals surface area contributed by atoms with Crippen molar-refractivity contribution in [1.82, 2.24) is 5.32 Å². The minimum atomic E-state index is -0.296. The van der Waals surface area contributed by atoms with E-state index >= 15 is 0 Å². The molecule has 4 nitrogen and oxygen atoms in total. The maximum atomic E-state index is 12.1. The first kappa shape index (κ1) is 14.7. The highest BCUT2D eigenvalue weighted by atomic mass is 16.5. The van der Waals surface area contributed by atoms with Crippen molar-refractivity contribution in [3.8, 4) is 0 Å². The first-order chi connectivity index (χ1) is 8.69. The van der Waals surface area contributed by atoms with Crippen molar-refractivity contribution < 1.29 is 9.53 Å². The molecule has 4 heteroatoms. The average Bonchev–Trinajstić information content (AvgIpc) is 2.38. The van der Waals surface area contributed by atoms with Crippen LogP contribution in [0.4, 0.5) is 0 Å². The number of ether oxygens (including phenoxy) is 1. The highest BCUT2D eigenvalue weighted by Crippen LogP contribution is 2.14. The van der Waals surface area contributed by atoms with Gasteiger partial charge in [0.1, 0.15) is 0 Å². The summed E-state index contributed by atoms with van der Waals surface area (Å²) in [5, 5.41) is 2.92. The number of nitrogens with one attached hydrogen (secondary N) is 1. The van der Waals surface area contributed by atoms with Crippen LogP contribution in [0.25, 0.3) is 0 Å². The highest BCUT2D eigenvalue weighted by molar-refractivity contribution is 5.84. The van der Waals surface area contributed by atoms with Crippen LogP contribution in [0.2, 0.25) is 0 Å². The predicted molar refractivity (Wildman–Crippen MR) is 72.3 cm³/mol. The van der Waals surface area contributed by atoms with Crippen molar-refractivity contribution >= 4 is 5.91 Å². The van der Waals surface area contributed by atoms with E-state index in [9.17, 15) is 4.79 Å². The molecule has 1 aromatic rings. The van der Waals surface area contributed by atoms with Crippen molar-refractivity contribution in [2.75, 3.05) is 19.8 Å². The molecule has 0 saturated heterocycles. The standard InChI is InChI=1S/C14H22N2O2/c1-3-18-10-11(2)16-14(17)13(9-15)12-7-5-4-6-8-12/h4-8,11,13H,3,9-10,15H2,1-2H3,(H,16,17). The molecule has 3 N–H and O–H groups in total. The molecule has 0 saturated carbocycles. The summed E-state index contributed by atoms with van der Waals surface area (Å²) in [6.07, 6.45) is 0. The summed E-state index contributed by atoms with van der Waals surface area (Å²) >= 11 is 0. The van der Waals surface area contributed by atoms with Crippen molar-refractivity contribution in [2.24, 2.45) is 5.73 Å². The molecule has 0 spiro atoms. The van der Waals surface area contributed by atoms with Gasteiger partial charge >= 0.3 is 0 Å². The lowest BCUT2D eigenvalue weighted by Gasteiger charge is -2.19. The lowest BCUT2D eigenvalue weighted by Crippen LogP contribution is -2.40. The molecular formula is C14H22N2O2. The van der Waals surface area contributed by atoms with Crippen molar-refractivity contribution in [3.05, 3.63) is 35.9 Å². The lowest BCUT2D eigenvalue weighted by molar-refractivity contribution is -0.123. The van der Waals surface area contributed by atoms with Gasteiger partial charge < -0.3 is 15.8 Å². The molecule has 1 rings (SSSR count). The Morgan fingerprint density at radius 3 is 2.61 bits per heavy atom. The van der Waals surface area contributed by atoms with Crippen LogP contribution in [-0.4, -0.2) is 31.7 Å². The monoisotopic (exact) mass is 250 g/mol. The van der Waals surface area contributed by atoms with Gasteiger partial charge in [0.2, 0.25) is 5.91 Å². The van der Waals surface area contributed by atoms with E-state index in [-0.39, 0.29) is 17.9 Å². The summed E-state index contributed by atoms with van der Waals surface area (Å²) < 4.78 is 5.27. The zero-order chi connectivity index (χ0) is 13.4. The van der Waals surface area contributed by atoms with E-state index in [0.29, 0.717) is 19.8 Å². The first-order valence-corrected chi connectivity index (χ1v) is 6.32. The van der Waals surface area contributed by atoms with Gasteiger partial charge in [0.15, 0.2) is 0 Å². The van der Waals surface area contributed by atoms with Gasteiger partial charge in [-0.3, -0.25) is 4.79 Å². The molecule has 0 aliphatic heterocycles. The van der Waals surface area contributed by atoms with E-state index in [1.54, 1.807) is 0 Å². The second-order valence-corrected chi connectivity index (χ2v) is 4.27. The van der Waals surface area contributed by atoms with E-state index in [1.165, 1.54) is 0 Å². The van der Waals surface area contributed by atoms with Crippen LogP contribution < -0.4 is 11.1 Å². The van der Waals surface area contributed by atoms with Crippen LogP contribution in [0.15, 0.2) is 30.3 Å². The summed E-state index contributed by atoms with van der Waals surface area (Å²) in [6, 6.07) is 9.58. The molecule has 0 bridgehead atoms. The Labute approximate surface area is 109 Å². The third-order valence-corrected chi connectivity index (χ3v) is 2.71. The van der Waals surface area contributed by atoms with E-state index < -0.39 is 0 Å². The quantitative estimate of drug-likeness (QED) is 0.766. The maximum Gasteiger partial charge on any atom is 0.229 e. The summed E-state index contributed by atoms with van der Waals surface area (Å²) in [5.41, 5.74) is 6.63. The highest BCUT2D eigenvalue weighted by Gasteiger charge is 2.20. The maximum absolute atomic E-state index is 12.1. The average molecular weight is 250 g/mol. The van der Waals surface area contributed by atoms with Crippen LogP contribution in [-0.2, 0) is 9.53 Å². The second kappa shape index (κ2) is 7.84. The molecule has 0 aliphatic carbocycles. The van der Waals surface area contributed by atoms with Crippen LogP contribution in [0.5, 0.6) is 0 Å². The summed E-state index contributed by atoms with van der Waals surface area (Å²) in [5.74, 6) is -0.342. The summed E-state index contributed by atoms with van der Waals surface area (Å²) in [6.45, 7) is 5.33. The van der Waals surface area contributed by atoms with Gasteiger partial charge in [-0.2, -0.15) is 0 Å². The van der Waals surface area contributed by atoms with Gasteiger partial charge in [-0.15, -0.1) is 0 Å². The number of rotatable bonds is 7. The van der Waals surface area contributed by atoms with Gasteiger partial charge in [-0.25, -0.2) is 0 Å². The Kier molecular flexibility index (Phi) is 6.39. The normalized spacial score (nSPS) is 13.9. The molecule has 0 aliphatic rings. The smallest absolute Gasteiger partial charge is 0.229 e. The van der Waals surface area contributed by atoms with E-state index in [2.05, 4.69) is 5.32 Å². The number of amides is 1. The molecule has 0 heterocycles. The number of benzene rings is 1. The van der Waals surface area contributed by atoms with Crippen molar-refractivity contribution in [3.63, 3.8) is 0 Å².